The Hall–Kier alpha value is -1.04. The van der Waals surface area contributed by atoms with Crippen molar-refractivity contribution in [2.75, 3.05) is 31.1 Å². The molecule has 1 aliphatic heterocycles. The summed E-state index contributed by atoms with van der Waals surface area (Å²) >= 11 is 1.64. The molecule has 128 valence electrons. The molecule has 1 amide bonds. The van der Waals surface area contributed by atoms with E-state index in [9.17, 15) is 9.90 Å². The lowest BCUT2D eigenvalue weighted by Crippen LogP contribution is -2.52. The highest BCUT2D eigenvalue weighted by Crippen LogP contribution is 2.27. The van der Waals surface area contributed by atoms with Gasteiger partial charge in [0.05, 0.1) is 0 Å². The summed E-state index contributed by atoms with van der Waals surface area (Å²) in [6, 6.07) is 10.6. The van der Waals surface area contributed by atoms with E-state index in [4.69, 9.17) is 0 Å². The zero-order valence-corrected chi connectivity index (χ0v) is 14.9. The number of likely N-dealkylation sites (N-methyl/N-ethyl adjacent to an activating group) is 1. The number of nitrogens with one attached hydrogen (secondary N) is 1. The highest BCUT2D eigenvalue weighted by Gasteiger charge is 2.39. The summed E-state index contributed by atoms with van der Waals surface area (Å²) in [5.74, 6) is 1.15. The first-order valence-electron chi connectivity index (χ1n) is 8.45. The highest BCUT2D eigenvalue weighted by atomic mass is 32.2. The summed E-state index contributed by atoms with van der Waals surface area (Å²) in [5, 5.41) is 13.4. The topological polar surface area (TPSA) is 52.6 Å². The Morgan fingerprint density at radius 2 is 2.04 bits per heavy atom. The van der Waals surface area contributed by atoms with E-state index < -0.39 is 5.60 Å². The van der Waals surface area contributed by atoms with Crippen LogP contribution in [0.15, 0.2) is 30.3 Å². The maximum Gasteiger partial charge on any atom is 0.252 e. The average Bonchev–Trinajstić information content (AvgIpc) is 3.02. The van der Waals surface area contributed by atoms with Crippen LogP contribution in [0.4, 0.5) is 0 Å². The number of benzene rings is 1. The van der Waals surface area contributed by atoms with Gasteiger partial charge in [-0.15, -0.1) is 0 Å². The van der Waals surface area contributed by atoms with Crippen molar-refractivity contribution in [3.63, 3.8) is 0 Å². The molecule has 0 radical (unpaired) electrons. The minimum absolute atomic E-state index is 0.215. The molecule has 23 heavy (non-hydrogen) atoms. The minimum Gasteiger partial charge on any atom is -0.379 e. The fraction of sp³-hybridized carbons (Fsp3) is 0.611. The first-order chi connectivity index (χ1) is 11.1. The van der Waals surface area contributed by atoms with Gasteiger partial charge >= 0.3 is 0 Å². The molecule has 0 aromatic heterocycles. The molecule has 0 aliphatic carbocycles. The summed E-state index contributed by atoms with van der Waals surface area (Å²) in [5.41, 5.74) is 0.0966. The van der Waals surface area contributed by atoms with Gasteiger partial charge in [0.1, 0.15) is 0 Å². The highest BCUT2D eigenvalue weighted by molar-refractivity contribution is 7.99. The van der Waals surface area contributed by atoms with Gasteiger partial charge in [-0.05, 0) is 37.2 Å². The van der Waals surface area contributed by atoms with Crippen LogP contribution in [-0.4, -0.2) is 58.7 Å². The van der Waals surface area contributed by atoms with E-state index in [1.165, 1.54) is 5.56 Å². The summed E-state index contributed by atoms with van der Waals surface area (Å²) in [6.45, 7) is 6.76. The zero-order valence-electron chi connectivity index (χ0n) is 14.1. The molecular formula is C18H28N2O2S. The number of hydrogen-bond acceptors (Lipinski definition) is 4. The molecule has 1 fully saturated rings. The first kappa shape index (κ1) is 18.3. The maximum atomic E-state index is 12.3. The number of aliphatic hydroxyl groups is 1. The van der Waals surface area contributed by atoms with Gasteiger partial charge in [0.15, 0.2) is 5.60 Å². The van der Waals surface area contributed by atoms with Crippen molar-refractivity contribution in [2.24, 2.45) is 0 Å². The molecule has 1 aromatic rings. The molecule has 2 N–H and O–H groups in total. The fourth-order valence-corrected chi connectivity index (χ4v) is 4.30. The molecule has 2 unspecified atom stereocenters. The third-order valence-electron chi connectivity index (χ3n) is 4.56. The molecule has 1 heterocycles. The van der Waals surface area contributed by atoms with E-state index in [0.29, 0.717) is 18.7 Å². The molecule has 2 rings (SSSR count). The molecule has 0 spiro atoms. The Bertz CT molecular complexity index is 485. The number of carbonyl (C=O) groups is 1. The van der Waals surface area contributed by atoms with Gasteiger partial charge in [0.25, 0.3) is 5.91 Å². The predicted octanol–water partition coefficient (Wildman–Crippen LogP) is 1.92. The van der Waals surface area contributed by atoms with Crippen LogP contribution in [0.2, 0.25) is 0 Å². The van der Waals surface area contributed by atoms with Crippen molar-refractivity contribution in [1.29, 1.82) is 0 Å². The van der Waals surface area contributed by atoms with Crippen molar-refractivity contribution < 1.29 is 9.90 Å². The lowest BCUT2D eigenvalue weighted by atomic mass is 10.0. The molecule has 1 aliphatic rings. The van der Waals surface area contributed by atoms with E-state index in [0.717, 1.165) is 25.3 Å². The lowest BCUT2D eigenvalue weighted by molar-refractivity contribution is -0.137. The van der Waals surface area contributed by atoms with Crippen LogP contribution in [0.5, 0.6) is 0 Å². The Kier molecular flexibility index (Phi) is 6.93. The van der Waals surface area contributed by atoms with Gasteiger partial charge in [-0.2, -0.15) is 11.8 Å². The number of nitrogens with zero attached hydrogens (tertiary/aromatic N) is 1. The molecule has 1 saturated heterocycles. The quantitative estimate of drug-likeness (QED) is 0.762. The standard InChI is InChI=1S/C18H28N2O2S/c1-3-20(4-2)16(12-15-8-6-5-7-9-15)13-19-17(21)18(22)10-11-23-14-18/h5-9,16,22H,3-4,10-14H2,1-2H3,(H,19,21). The van der Waals surface area contributed by atoms with Crippen LogP contribution < -0.4 is 5.32 Å². The number of amides is 1. The van der Waals surface area contributed by atoms with Gasteiger partial charge in [0, 0.05) is 18.3 Å². The van der Waals surface area contributed by atoms with Gasteiger partial charge in [0.2, 0.25) is 0 Å². The van der Waals surface area contributed by atoms with Crippen LogP contribution in [-0.2, 0) is 11.2 Å². The SMILES string of the molecule is CCN(CC)C(CNC(=O)C1(O)CCSC1)Cc1ccccc1. The molecule has 0 bridgehead atoms. The molecule has 0 saturated carbocycles. The minimum atomic E-state index is -1.18. The second-order valence-corrected chi connectivity index (χ2v) is 7.21. The zero-order chi connectivity index (χ0) is 16.7. The molecule has 2 atom stereocenters. The second-order valence-electron chi connectivity index (χ2n) is 6.11. The number of rotatable bonds is 8. The van der Waals surface area contributed by atoms with Crippen molar-refractivity contribution >= 4 is 17.7 Å². The molecule has 1 aromatic carbocycles. The van der Waals surface area contributed by atoms with E-state index in [2.05, 4.69) is 36.2 Å². The largest absolute Gasteiger partial charge is 0.379 e. The van der Waals surface area contributed by atoms with Gasteiger partial charge in [-0.3, -0.25) is 9.69 Å². The van der Waals surface area contributed by atoms with E-state index >= 15 is 0 Å². The fourth-order valence-electron chi connectivity index (χ4n) is 3.06. The van der Waals surface area contributed by atoms with Crippen LogP contribution in [0.1, 0.15) is 25.8 Å². The summed E-state index contributed by atoms with van der Waals surface area (Å²) < 4.78 is 0. The Labute approximate surface area is 143 Å². The van der Waals surface area contributed by atoms with Crippen molar-refractivity contribution in [1.82, 2.24) is 10.2 Å². The van der Waals surface area contributed by atoms with Crippen LogP contribution in [0.3, 0.4) is 0 Å². The van der Waals surface area contributed by atoms with Crippen LogP contribution in [0.25, 0.3) is 0 Å². The van der Waals surface area contributed by atoms with Crippen LogP contribution >= 0.6 is 11.8 Å². The van der Waals surface area contributed by atoms with Crippen LogP contribution in [0, 0.1) is 0 Å². The smallest absolute Gasteiger partial charge is 0.252 e. The third kappa shape index (κ3) is 4.96. The third-order valence-corrected chi connectivity index (χ3v) is 5.74. The summed E-state index contributed by atoms with van der Waals surface area (Å²) in [7, 11) is 0. The van der Waals surface area contributed by atoms with Gasteiger partial charge in [-0.25, -0.2) is 0 Å². The van der Waals surface area contributed by atoms with Gasteiger partial charge < -0.3 is 10.4 Å². The van der Waals surface area contributed by atoms with Gasteiger partial charge in [-0.1, -0.05) is 44.2 Å². The summed E-state index contributed by atoms with van der Waals surface area (Å²) in [6.07, 6.45) is 1.45. The lowest BCUT2D eigenvalue weighted by Gasteiger charge is -2.31. The Morgan fingerprint density at radius 3 is 2.61 bits per heavy atom. The molecule has 4 nitrogen and oxygen atoms in total. The summed E-state index contributed by atoms with van der Waals surface area (Å²) in [4.78, 5) is 14.7. The van der Waals surface area contributed by atoms with E-state index in [-0.39, 0.29) is 11.9 Å². The normalized spacial score (nSPS) is 22.3. The first-order valence-corrected chi connectivity index (χ1v) is 9.61. The monoisotopic (exact) mass is 336 g/mol. The van der Waals surface area contributed by atoms with E-state index in [1.54, 1.807) is 11.8 Å². The Balaban J connectivity index is 1.98. The van der Waals surface area contributed by atoms with Crippen molar-refractivity contribution in [2.45, 2.75) is 38.3 Å². The van der Waals surface area contributed by atoms with E-state index in [1.807, 2.05) is 18.2 Å². The van der Waals surface area contributed by atoms with Crippen molar-refractivity contribution in [3.05, 3.63) is 35.9 Å². The molecule has 5 heteroatoms. The average molecular weight is 337 g/mol. The number of hydrogen-bond donors (Lipinski definition) is 2. The van der Waals surface area contributed by atoms with Crippen molar-refractivity contribution in [3.8, 4) is 0 Å². The maximum absolute atomic E-state index is 12.3. The predicted molar refractivity (Wildman–Crippen MR) is 96.8 cm³/mol. The number of carbonyl (C=O) groups excluding carboxylic acids is 1. The Morgan fingerprint density at radius 1 is 1.35 bits per heavy atom. The second kappa shape index (κ2) is 8.71. The molecular weight excluding hydrogens is 308 g/mol. The number of thioether (sulfide) groups is 1.